The molecule has 0 aromatic heterocycles. The lowest BCUT2D eigenvalue weighted by molar-refractivity contribution is -0.139. The molecule has 0 saturated heterocycles. The second kappa shape index (κ2) is 6.83. The van der Waals surface area contributed by atoms with E-state index in [9.17, 15) is 9.59 Å². The molecular weight excluding hydrogens is 274 g/mol. The fraction of sp³-hybridized carbons (Fsp3) is 0.429. The summed E-state index contributed by atoms with van der Waals surface area (Å²) >= 11 is 0. The number of para-hydroxylation sites is 2. The molecule has 0 bridgehead atoms. The van der Waals surface area contributed by atoms with Gasteiger partial charge in [0.05, 0.1) is 11.4 Å². The number of carbonyl (C=O) groups excluding carboxylic acids is 1. The van der Waals surface area contributed by atoms with Crippen LogP contribution >= 0.6 is 0 Å². The molecule has 1 aromatic carbocycles. The highest BCUT2D eigenvalue weighted by Crippen LogP contribution is 2.16. The summed E-state index contributed by atoms with van der Waals surface area (Å²) in [5, 5.41) is 14.3. The van der Waals surface area contributed by atoms with Gasteiger partial charge >= 0.3 is 12.1 Å². The summed E-state index contributed by atoms with van der Waals surface area (Å²) in [5.41, 5.74) is 6.16. The molecule has 1 aromatic rings. The molecule has 7 nitrogen and oxygen atoms in total. The second-order valence-corrected chi connectivity index (χ2v) is 5.51. The first-order chi connectivity index (χ1) is 9.69. The van der Waals surface area contributed by atoms with Crippen molar-refractivity contribution < 1.29 is 19.4 Å². The minimum Gasteiger partial charge on any atom is -0.480 e. The summed E-state index contributed by atoms with van der Waals surface area (Å²) < 4.78 is 5.03. The molecule has 0 fully saturated rings. The van der Waals surface area contributed by atoms with Crippen molar-refractivity contribution in [2.75, 3.05) is 17.6 Å². The van der Waals surface area contributed by atoms with Crippen LogP contribution in [0.15, 0.2) is 24.3 Å². The van der Waals surface area contributed by atoms with E-state index in [2.05, 4.69) is 10.6 Å². The Balaban J connectivity index is 2.61. The van der Waals surface area contributed by atoms with Crippen molar-refractivity contribution in [3.63, 3.8) is 0 Å². The fourth-order valence-corrected chi connectivity index (χ4v) is 1.52. The van der Waals surface area contributed by atoms with Crippen LogP contribution in [0.25, 0.3) is 0 Å². The average molecular weight is 295 g/mol. The van der Waals surface area contributed by atoms with E-state index < -0.39 is 23.7 Å². The maximum Gasteiger partial charge on any atom is 0.408 e. The van der Waals surface area contributed by atoms with E-state index in [0.29, 0.717) is 11.4 Å². The van der Waals surface area contributed by atoms with E-state index in [1.165, 1.54) is 0 Å². The Bertz CT molecular complexity index is 511. The zero-order valence-corrected chi connectivity index (χ0v) is 12.3. The van der Waals surface area contributed by atoms with E-state index in [-0.39, 0.29) is 6.54 Å². The molecule has 0 spiro atoms. The van der Waals surface area contributed by atoms with Crippen molar-refractivity contribution in [2.45, 2.75) is 32.4 Å². The summed E-state index contributed by atoms with van der Waals surface area (Å²) in [4.78, 5) is 22.8. The van der Waals surface area contributed by atoms with Gasteiger partial charge in [0.2, 0.25) is 0 Å². The van der Waals surface area contributed by atoms with Crippen molar-refractivity contribution in [1.29, 1.82) is 0 Å². The van der Waals surface area contributed by atoms with Gasteiger partial charge in [-0.2, -0.15) is 0 Å². The number of benzene rings is 1. The lowest BCUT2D eigenvalue weighted by atomic mass is 10.2. The number of ether oxygens (including phenoxy) is 1. The van der Waals surface area contributed by atoms with Crippen LogP contribution < -0.4 is 16.4 Å². The summed E-state index contributed by atoms with van der Waals surface area (Å²) in [6.45, 7) is 5.09. The van der Waals surface area contributed by atoms with Crippen LogP contribution in [-0.4, -0.2) is 35.4 Å². The fourth-order valence-electron chi connectivity index (χ4n) is 1.52. The molecular formula is C14H21N3O4. The SMILES string of the molecule is CC(C)(C)OC(=O)NC(CNc1ccccc1N)C(=O)O. The number of carboxylic acid groups (broad SMARTS) is 1. The van der Waals surface area contributed by atoms with Gasteiger partial charge in [-0.05, 0) is 32.9 Å². The molecule has 1 unspecified atom stereocenters. The van der Waals surface area contributed by atoms with Gasteiger partial charge in [0.15, 0.2) is 0 Å². The number of nitrogens with one attached hydrogen (secondary N) is 2. The van der Waals surface area contributed by atoms with E-state index in [0.717, 1.165) is 0 Å². The Morgan fingerprint density at radius 3 is 2.48 bits per heavy atom. The molecule has 5 N–H and O–H groups in total. The molecule has 1 atom stereocenters. The average Bonchev–Trinajstić information content (AvgIpc) is 2.33. The van der Waals surface area contributed by atoms with Crippen molar-refractivity contribution in [1.82, 2.24) is 5.32 Å². The topological polar surface area (TPSA) is 114 Å². The number of amides is 1. The molecule has 0 radical (unpaired) electrons. The summed E-state index contributed by atoms with van der Waals surface area (Å²) in [5.74, 6) is -1.16. The van der Waals surface area contributed by atoms with Crippen LogP contribution in [-0.2, 0) is 9.53 Å². The first-order valence-electron chi connectivity index (χ1n) is 6.50. The molecule has 116 valence electrons. The molecule has 0 aliphatic rings. The van der Waals surface area contributed by atoms with Gasteiger partial charge in [0, 0.05) is 6.54 Å². The highest BCUT2D eigenvalue weighted by molar-refractivity contribution is 5.81. The van der Waals surface area contributed by atoms with Gasteiger partial charge in [-0.1, -0.05) is 12.1 Å². The van der Waals surface area contributed by atoms with Gasteiger partial charge in [0.1, 0.15) is 11.6 Å². The molecule has 0 aliphatic carbocycles. The lowest BCUT2D eigenvalue weighted by Gasteiger charge is -2.22. The van der Waals surface area contributed by atoms with Crippen LogP contribution in [0.4, 0.5) is 16.2 Å². The number of hydrogen-bond donors (Lipinski definition) is 4. The highest BCUT2D eigenvalue weighted by atomic mass is 16.6. The Hall–Kier alpha value is -2.44. The van der Waals surface area contributed by atoms with Crippen LogP contribution in [0.1, 0.15) is 20.8 Å². The smallest absolute Gasteiger partial charge is 0.408 e. The predicted molar refractivity (Wildman–Crippen MR) is 80.1 cm³/mol. The maximum atomic E-state index is 11.6. The third-order valence-corrected chi connectivity index (χ3v) is 2.45. The number of anilines is 2. The van der Waals surface area contributed by atoms with Crippen molar-refractivity contribution in [3.8, 4) is 0 Å². The van der Waals surface area contributed by atoms with Crippen molar-refractivity contribution in [2.24, 2.45) is 0 Å². The quantitative estimate of drug-likeness (QED) is 0.614. The van der Waals surface area contributed by atoms with Crippen molar-refractivity contribution in [3.05, 3.63) is 24.3 Å². The Morgan fingerprint density at radius 2 is 1.95 bits per heavy atom. The summed E-state index contributed by atoms with van der Waals surface area (Å²) in [6.07, 6.45) is -0.780. The third-order valence-electron chi connectivity index (χ3n) is 2.45. The Morgan fingerprint density at radius 1 is 1.33 bits per heavy atom. The zero-order valence-electron chi connectivity index (χ0n) is 12.3. The van der Waals surface area contributed by atoms with Crippen LogP contribution in [0.5, 0.6) is 0 Å². The van der Waals surface area contributed by atoms with E-state index in [1.807, 2.05) is 0 Å². The number of nitrogens with two attached hydrogens (primary N) is 1. The van der Waals surface area contributed by atoms with Crippen LogP contribution in [0.2, 0.25) is 0 Å². The largest absolute Gasteiger partial charge is 0.480 e. The number of alkyl carbamates (subject to hydrolysis) is 1. The molecule has 1 amide bonds. The summed E-state index contributed by atoms with van der Waals surface area (Å²) in [6, 6.07) is 5.84. The molecule has 1 rings (SSSR count). The van der Waals surface area contributed by atoms with Gasteiger partial charge in [-0.15, -0.1) is 0 Å². The number of carboxylic acids is 1. The third kappa shape index (κ3) is 6.03. The number of rotatable bonds is 5. The molecule has 0 heterocycles. The number of aliphatic carboxylic acids is 1. The monoisotopic (exact) mass is 295 g/mol. The van der Waals surface area contributed by atoms with E-state index in [4.69, 9.17) is 15.6 Å². The Labute approximate surface area is 123 Å². The minimum absolute atomic E-state index is 0.0111. The maximum absolute atomic E-state index is 11.6. The molecule has 7 heteroatoms. The molecule has 0 aliphatic heterocycles. The van der Waals surface area contributed by atoms with Gasteiger partial charge in [0.25, 0.3) is 0 Å². The lowest BCUT2D eigenvalue weighted by Crippen LogP contribution is -2.47. The van der Waals surface area contributed by atoms with Crippen molar-refractivity contribution >= 4 is 23.4 Å². The first kappa shape index (κ1) is 16.6. The van der Waals surface area contributed by atoms with Crippen LogP contribution in [0.3, 0.4) is 0 Å². The van der Waals surface area contributed by atoms with E-state index in [1.54, 1.807) is 45.0 Å². The number of hydrogen-bond acceptors (Lipinski definition) is 5. The van der Waals surface area contributed by atoms with Crippen LogP contribution in [0, 0.1) is 0 Å². The highest BCUT2D eigenvalue weighted by Gasteiger charge is 2.23. The second-order valence-electron chi connectivity index (χ2n) is 5.51. The van der Waals surface area contributed by atoms with Gasteiger partial charge in [-0.3, -0.25) is 0 Å². The molecule has 21 heavy (non-hydrogen) atoms. The standard InChI is InChI=1S/C14H21N3O4/c1-14(2,3)21-13(20)17-11(12(18)19)8-16-10-7-5-4-6-9(10)15/h4-7,11,16H,8,15H2,1-3H3,(H,17,20)(H,18,19). The first-order valence-corrected chi connectivity index (χ1v) is 6.50. The van der Waals surface area contributed by atoms with Gasteiger partial charge in [-0.25, -0.2) is 9.59 Å². The molecule has 0 saturated carbocycles. The normalized spacial score (nSPS) is 12.3. The van der Waals surface area contributed by atoms with Gasteiger partial charge < -0.3 is 26.2 Å². The summed E-state index contributed by atoms with van der Waals surface area (Å²) in [7, 11) is 0. The number of nitrogen functional groups attached to an aromatic ring is 1. The predicted octanol–water partition coefficient (Wildman–Crippen LogP) is 1.66. The Kier molecular flexibility index (Phi) is 5.40. The zero-order chi connectivity index (χ0) is 16.0. The van der Waals surface area contributed by atoms with E-state index >= 15 is 0 Å². The number of carbonyl (C=O) groups is 2. The minimum atomic E-state index is -1.16.